The van der Waals surface area contributed by atoms with E-state index in [9.17, 15) is 13.2 Å². The molecule has 1 fully saturated rings. The predicted molar refractivity (Wildman–Crippen MR) is 116 cm³/mol. The maximum atomic E-state index is 13.6. The highest BCUT2D eigenvalue weighted by Crippen LogP contribution is 2.32. The van der Waals surface area contributed by atoms with Gasteiger partial charge >= 0.3 is 0 Å². The molecule has 1 aliphatic rings. The van der Waals surface area contributed by atoms with Crippen molar-refractivity contribution in [2.24, 2.45) is 11.8 Å². The van der Waals surface area contributed by atoms with Crippen LogP contribution in [0, 0.1) is 41.1 Å². The summed E-state index contributed by atoms with van der Waals surface area (Å²) in [5.74, 6) is 4.35. The van der Waals surface area contributed by atoms with Gasteiger partial charge in [0.15, 0.2) is 17.5 Å². The number of hydrogen-bond donors (Lipinski definition) is 0. The molecule has 0 aromatic heterocycles. The largest absolute Gasteiger partial charge is 0.204 e. The van der Waals surface area contributed by atoms with E-state index in [1.54, 1.807) is 6.07 Å². The van der Waals surface area contributed by atoms with Gasteiger partial charge in [0.2, 0.25) is 0 Å². The van der Waals surface area contributed by atoms with Crippen LogP contribution in [0.15, 0.2) is 48.5 Å². The standard InChI is InChI=1S/C27H25F3/c1-2-4-18-7-9-19(10-8-18)11-12-20-5-3-6-22-15-21(13-14-24(20)22)23-16-25(28)27(30)26(29)17-23/h3,5-6,13-19H,2,4,7-10H2,1H3/t18-,19-. The summed E-state index contributed by atoms with van der Waals surface area (Å²) in [5, 5.41) is 1.95. The number of fused-ring (bicyclic) bond motifs is 1. The molecule has 0 atom stereocenters. The summed E-state index contributed by atoms with van der Waals surface area (Å²) in [6, 6.07) is 13.5. The fourth-order valence-corrected chi connectivity index (χ4v) is 4.48. The Balaban J connectivity index is 1.59. The zero-order chi connectivity index (χ0) is 21.1. The molecule has 4 rings (SSSR count). The van der Waals surface area contributed by atoms with Gasteiger partial charge in [0.05, 0.1) is 0 Å². The minimum atomic E-state index is -1.44. The molecule has 0 unspecified atom stereocenters. The molecule has 0 N–H and O–H groups in total. The zero-order valence-corrected chi connectivity index (χ0v) is 17.2. The Kier molecular flexibility index (Phi) is 6.13. The van der Waals surface area contributed by atoms with Gasteiger partial charge in [-0.1, -0.05) is 55.9 Å². The summed E-state index contributed by atoms with van der Waals surface area (Å²) >= 11 is 0. The minimum absolute atomic E-state index is 0.314. The summed E-state index contributed by atoms with van der Waals surface area (Å²) in [6.07, 6.45) is 7.49. The molecule has 0 bridgehead atoms. The van der Waals surface area contributed by atoms with Crippen molar-refractivity contribution in [3.05, 3.63) is 71.5 Å². The Morgan fingerprint density at radius 2 is 1.60 bits per heavy atom. The summed E-state index contributed by atoms with van der Waals surface area (Å²) in [7, 11) is 0. The van der Waals surface area contributed by atoms with Gasteiger partial charge in [-0.05, 0) is 77.8 Å². The second kappa shape index (κ2) is 8.96. The molecule has 0 spiro atoms. The SMILES string of the molecule is CCC[C@H]1CC[C@H](C#Cc2cccc3cc(-c4cc(F)c(F)c(F)c4)ccc23)CC1. The molecule has 0 radical (unpaired) electrons. The monoisotopic (exact) mass is 406 g/mol. The van der Waals surface area contributed by atoms with Crippen LogP contribution < -0.4 is 0 Å². The lowest BCUT2D eigenvalue weighted by molar-refractivity contribution is 0.300. The highest BCUT2D eigenvalue weighted by molar-refractivity contribution is 5.91. The lowest BCUT2D eigenvalue weighted by Crippen LogP contribution is -2.13. The van der Waals surface area contributed by atoms with E-state index in [0.29, 0.717) is 17.0 Å². The van der Waals surface area contributed by atoms with E-state index in [0.717, 1.165) is 34.4 Å². The van der Waals surface area contributed by atoms with Gasteiger partial charge < -0.3 is 0 Å². The molecule has 3 aromatic rings. The normalized spacial score (nSPS) is 18.8. The third-order valence-electron chi connectivity index (χ3n) is 6.15. The van der Waals surface area contributed by atoms with E-state index in [1.165, 1.54) is 38.5 Å². The number of rotatable bonds is 3. The van der Waals surface area contributed by atoms with Crippen molar-refractivity contribution in [2.75, 3.05) is 0 Å². The van der Waals surface area contributed by atoms with Crippen LogP contribution in [0.5, 0.6) is 0 Å². The zero-order valence-electron chi connectivity index (χ0n) is 17.2. The Bertz CT molecular complexity index is 1090. The molecule has 3 heteroatoms. The smallest absolute Gasteiger partial charge is 0.194 e. The third-order valence-corrected chi connectivity index (χ3v) is 6.15. The first-order valence-electron chi connectivity index (χ1n) is 10.7. The fraction of sp³-hybridized carbons (Fsp3) is 0.333. The maximum Gasteiger partial charge on any atom is 0.194 e. The maximum absolute atomic E-state index is 13.6. The van der Waals surface area contributed by atoms with E-state index in [2.05, 4.69) is 18.8 Å². The van der Waals surface area contributed by atoms with E-state index < -0.39 is 17.5 Å². The van der Waals surface area contributed by atoms with Crippen molar-refractivity contribution in [1.29, 1.82) is 0 Å². The van der Waals surface area contributed by atoms with Crippen molar-refractivity contribution >= 4 is 10.8 Å². The minimum Gasteiger partial charge on any atom is -0.204 e. The molecule has 0 nitrogen and oxygen atoms in total. The van der Waals surface area contributed by atoms with Gasteiger partial charge in [-0.3, -0.25) is 0 Å². The van der Waals surface area contributed by atoms with E-state index in [4.69, 9.17) is 0 Å². The quantitative estimate of drug-likeness (QED) is 0.306. The van der Waals surface area contributed by atoms with Crippen LogP contribution in [0.3, 0.4) is 0 Å². The van der Waals surface area contributed by atoms with Crippen LogP contribution in [0.2, 0.25) is 0 Å². The Labute approximate surface area is 176 Å². The van der Waals surface area contributed by atoms with Crippen LogP contribution in [0.25, 0.3) is 21.9 Å². The number of halogens is 3. The van der Waals surface area contributed by atoms with Gasteiger partial charge in [0, 0.05) is 11.5 Å². The first-order valence-corrected chi connectivity index (χ1v) is 10.7. The van der Waals surface area contributed by atoms with Crippen LogP contribution in [0.4, 0.5) is 13.2 Å². The second-order valence-corrected chi connectivity index (χ2v) is 8.27. The Hall–Kier alpha value is -2.73. The predicted octanol–water partition coefficient (Wildman–Crippen LogP) is 7.88. The molecule has 1 aliphatic carbocycles. The van der Waals surface area contributed by atoms with Crippen molar-refractivity contribution in [3.63, 3.8) is 0 Å². The third kappa shape index (κ3) is 4.38. The lowest BCUT2D eigenvalue weighted by atomic mass is 9.80. The van der Waals surface area contributed by atoms with Gasteiger partial charge in [-0.25, -0.2) is 13.2 Å². The van der Waals surface area contributed by atoms with Crippen LogP contribution >= 0.6 is 0 Å². The van der Waals surface area contributed by atoms with Crippen LogP contribution in [-0.4, -0.2) is 0 Å². The molecular formula is C27H25F3. The molecule has 1 saturated carbocycles. The average molecular weight is 406 g/mol. The lowest BCUT2D eigenvalue weighted by Gasteiger charge is -2.25. The van der Waals surface area contributed by atoms with Gasteiger partial charge in [0.25, 0.3) is 0 Å². The van der Waals surface area contributed by atoms with Crippen molar-refractivity contribution in [2.45, 2.75) is 45.4 Å². The molecular weight excluding hydrogens is 381 g/mol. The van der Waals surface area contributed by atoms with Gasteiger partial charge in [-0.2, -0.15) is 0 Å². The van der Waals surface area contributed by atoms with Crippen molar-refractivity contribution in [1.82, 2.24) is 0 Å². The average Bonchev–Trinajstić information content (AvgIpc) is 2.76. The summed E-state index contributed by atoms with van der Waals surface area (Å²) in [5.41, 5.74) is 1.92. The molecule has 0 heterocycles. The summed E-state index contributed by atoms with van der Waals surface area (Å²) in [6.45, 7) is 2.25. The van der Waals surface area contributed by atoms with Gasteiger partial charge in [-0.15, -0.1) is 0 Å². The summed E-state index contributed by atoms with van der Waals surface area (Å²) < 4.78 is 40.5. The van der Waals surface area contributed by atoms with Crippen LogP contribution in [-0.2, 0) is 0 Å². The summed E-state index contributed by atoms with van der Waals surface area (Å²) in [4.78, 5) is 0. The van der Waals surface area contributed by atoms with Crippen molar-refractivity contribution < 1.29 is 13.2 Å². The van der Waals surface area contributed by atoms with E-state index in [1.807, 2.05) is 30.3 Å². The molecule has 0 amide bonds. The topological polar surface area (TPSA) is 0 Å². The van der Waals surface area contributed by atoms with E-state index in [-0.39, 0.29) is 0 Å². The molecule has 0 saturated heterocycles. The second-order valence-electron chi connectivity index (χ2n) is 8.27. The Morgan fingerprint density at radius 3 is 2.30 bits per heavy atom. The first kappa shape index (κ1) is 20.5. The molecule has 0 aliphatic heterocycles. The number of hydrogen-bond acceptors (Lipinski definition) is 0. The molecule has 3 aromatic carbocycles. The molecule has 154 valence electrons. The van der Waals surface area contributed by atoms with Gasteiger partial charge in [0.1, 0.15) is 0 Å². The first-order chi connectivity index (χ1) is 14.5. The Morgan fingerprint density at radius 1 is 0.867 bits per heavy atom. The fourth-order valence-electron chi connectivity index (χ4n) is 4.48. The highest BCUT2D eigenvalue weighted by atomic mass is 19.2. The van der Waals surface area contributed by atoms with Crippen LogP contribution in [0.1, 0.15) is 51.0 Å². The van der Waals surface area contributed by atoms with E-state index >= 15 is 0 Å². The van der Waals surface area contributed by atoms with Crippen molar-refractivity contribution in [3.8, 4) is 23.0 Å². The highest BCUT2D eigenvalue weighted by Gasteiger charge is 2.19. The molecule has 30 heavy (non-hydrogen) atoms. The number of benzene rings is 3.